The number of thiophene rings is 1. The molecule has 2 aromatic heterocycles. The van der Waals surface area contributed by atoms with Gasteiger partial charge in [-0.3, -0.25) is 9.69 Å². The van der Waals surface area contributed by atoms with Gasteiger partial charge >= 0.3 is 5.97 Å². The molecule has 0 bridgehead atoms. The first-order valence-corrected chi connectivity index (χ1v) is 6.56. The zero-order chi connectivity index (χ0) is 12.5. The number of aliphatic carboxylic acids is 1. The van der Waals surface area contributed by atoms with Crippen molar-refractivity contribution in [3.8, 4) is 0 Å². The Labute approximate surface area is 108 Å². The predicted molar refractivity (Wildman–Crippen MR) is 65.3 cm³/mol. The third kappa shape index (κ3) is 1.93. The number of carboxylic acids is 1. The Balaban J connectivity index is 1.89. The van der Waals surface area contributed by atoms with E-state index < -0.39 is 12.0 Å². The molecule has 6 heteroatoms. The third-order valence-electron chi connectivity index (χ3n) is 3.15. The first-order chi connectivity index (χ1) is 8.75. The van der Waals surface area contributed by atoms with E-state index in [1.807, 2.05) is 16.3 Å². The van der Waals surface area contributed by atoms with Crippen LogP contribution in [0.2, 0.25) is 0 Å². The first-order valence-electron chi connectivity index (χ1n) is 5.68. The van der Waals surface area contributed by atoms with E-state index in [1.165, 1.54) is 4.88 Å². The highest BCUT2D eigenvalue weighted by molar-refractivity contribution is 7.10. The van der Waals surface area contributed by atoms with E-state index in [4.69, 9.17) is 4.52 Å². The minimum Gasteiger partial charge on any atom is -0.480 e. The summed E-state index contributed by atoms with van der Waals surface area (Å²) in [7, 11) is 0. The van der Waals surface area contributed by atoms with Crippen molar-refractivity contribution in [2.24, 2.45) is 0 Å². The highest BCUT2D eigenvalue weighted by atomic mass is 32.1. The van der Waals surface area contributed by atoms with Gasteiger partial charge in [0.1, 0.15) is 6.04 Å². The average Bonchev–Trinajstić information content (AvgIpc) is 2.98. The fourth-order valence-electron chi connectivity index (χ4n) is 2.35. The van der Waals surface area contributed by atoms with Gasteiger partial charge in [0, 0.05) is 17.5 Å². The van der Waals surface area contributed by atoms with Crippen LogP contribution in [0, 0.1) is 0 Å². The zero-order valence-electron chi connectivity index (χ0n) is 9.57. The maximum atomic E-state index is 11.5. The molecule has 5 nitrogen and oxygen atoms in total. The molecule has 0 spiro atoms. The summed E-state index contributed by atoms with van der Waals surface area (Å²) in [6.07, 6.45) is 2.47. The summed E-state index contributed by atoms with van der Waals surface area (Å²) >= 11 is 1.63. The zero-order valence-corrected chi connectivity index (χ0v) is 10.4. The number of nitrogens with zero attached hydrogens (tertiary/aromatic N) is 2. The van der Waals surface area contributed by atoms with Crippen molar-refractivity contribution in [3.05, 3.63) is 39.9 Å². The second kappa shape index (κ2) is 4.55. The summed E-state index contributed by atoms with van der Waals surface area (Å²) in [4.78, 5) is 14.6. The molecule has 1 unspecified atom stereocenters. The van der Waals surface area contributed by atoms with Crippen LogP contribution < -0.4 is 0 Å². The number of fused-ring (bicyclic) bond motifs is 1. The van der Waals surface area contributed by atoms with Gasteiger partial charge in [-0.1, -0.05) is 5.16 Å². The van der Waals surface area contributed by atoms with E-state index in [0.717, 1.165) is 18.5 Å². The second-order valence-electron chi connectivity index (χ2n) is 4.24. The van der Waals surface area contributed by atoms with Crippen molar-refractivity contribution in [2.45, 2.75) is 19.0 Å². The minimum atomic E-state index is -0.811. The molecule has 3 heterocycles. The molecular weight excluding hydrogens is 252 g/mol. The fourth-order valence-corrected chi connectivity index (χ4v) is 3.26. The van der Waals surface area contributed by atoms with Crippen LogP contribution in [-0.2, 0) is 17.8 Å². The largest absolute Gasteiger partial charge is 0.480 e. The Morgan fingerprint density at radius 3 is 3.22 bits per heavy atom. The molecule has 0 saturated heterocycles. The molecule has 1 atom stereocenters. The smallest absolute Gasteiger partial charge is 0.325 e. The van der Waals surface area contributed by atoms with Gasteiger partial charge in [0.15, 0.2) is 5.76 Å². The molecule has 2 aromatic rings. The molecule has 0 fully saturated rings. The monoisotopic (exact) mass is 264 g/mol. The summed E-state index contributed by atoms with van der Waals surface area (Å²) in [5, 5.41) is 15.0. The lowest BCUT2D eigenvalue weighted by molar-refractivity contribution is -0.144. The van der Waals surface area contributed by atoms with E-state index in [9.17, 15) is 9.90 Å². The normalized spacial score (nSPS) is 19.7. The molecule has 1 aliphatic rings. The number of aromatic nitrogens is 1. The average molecular weight is 264 g/mol. The Kier molecular flexibility index (Phi) is 2.89. The van der Waals surface area contributed by atoms with Crippen LogP contribution >= 0.6 is 11.3 Å². The van der Waals surface area contributed by atoms with Gasteiger partial charge in [0.05, 0.1) is 12.7 Å². The van der Waals surface area contributed by atoms with Crippen molar-refractivity contribution in [1.29, 1.82) is 0 Å². The van der Waals surface area contributed by atoms with Gasteiger partial charge in [0.2, 0.25) is 0 Å². The van der Waals surface area contributed by atoms with Gasteiger partial charge in [-0.2, -0.15) is 0 Å². The summed E-state index contributed by atoms with van der Waals surface area (Å²) < 4.78 is 5.05. The van der Waals surface area contributed by atoms with E-state index in [1.54, 1.807) is 23.6 Å². The van der Waals surface area contributed by atoms with Crippen LogP contribution in [0.15, 0.2) is 28.2 Å². The van der Waals surface area contributed by atoms with Crippen LogP contribution in [0.25, 0.3) is 0 Å². The van der Waals surface area contributed by atoms with Crippen molar-refractivity contribution < 1.29 is 14.4 Å². The quantitative estimate of drug-likeness (QED) is 0.917. The standard InChI is InChI=1S/C12H12N2O3S/c15-12(16)11-9-3-6-18-10(9)2-5-14(11)7-8-1-4-13-17-8/h1,3-4,6,11H,2,5,7H2,(H,15,16). The molecule has 94 valence electrons. The summed E-state index contributed by atoms with van der Waals surface area (Å²) in [6, 6.07) is 3.10. The van der Waals surface area contributed by atoms with Gasteiger partial charge in [0.25, 0.3) is 0 Å². The molecule has 0 radical (unpaired) electrons. The van der Waals surface area contributed by atoms with Gasteiger partial charge in [-0.05, 0) is 23.4 Å². The van der Waals surface area contributed by atoms with E-state index in [2.05, 4.69) is 5.16 Å². The molecule has 0 saturated carbocycles. The SMILES string of the molecule is O=C(O)C1c2ccsc2CCN1Cc1ccno1. The van der Waals surface area contributed by atoms with Gasteiger partial charge in [-0.15, -0.1) is 11.3 Å². The molecule has 1 aliphatic heterocycles. The highest BCUT2D eigenvalue weighted by Gasteiger charge is 2.34. The number of hydrogen-bond donors (Lipinski definition) is 1. The third-order valence-corrected chi connectivity index (χ3v) is 4.15. The molecular formula is C12H12N2O3S. The van der Waals surface area contributed by atoms with E-state index in [0.29, 0.717) is 12.3 Å². The van der Waals surface area contributed by atoms with E-state index >= 15 is 0 Å². The maximum absolute atomic E-state index is 11.5. The molecule has 0 amide bonds. The molecule has 1 N–H and O–H groups in total. The lowest BCUT2D eigenvalue weighted by atomic mass is 10.00. The fraction of sp³-hybridized carbons (Fsp3) is 0.333. The summed E-state index contributed by atoms with van der Waals surface area (Å²) in [6.45, 7) is 1.21. The predicted octanol–water partition coefficient (Wildman–Crippen LogP) is 1.92. The van der Waals surface area contributed by atoms with Crippen molar-refractivity contribution in [3.63, 3.8) is 0 Å². The van der Waals surface area contributed by atoms with Crippen LogP contribution in [0.3, 0.4) is 0 Å². The summed E-state index contributed by atoms with van der Waals surface area (Å²) in [5.74, 6) is -0.117. The number of carbonyl (C=O) groups is 1. The van der Waals surface area contributed by atoms with Crippen molar-refractivity contribution in [2.75, 3.05) is 6.54 Å². The van der Waals surface area contributed by atoms with Crippen LogP contribution in [-0.4, -0.2) is 27.7 Å². The topological polar surface area (TPSA) is 66.6 Å². The van der Waals surface area contributed by atoms with Gasteiger partial charge in [-0.25, -0.2) is 0 Å². The highest BCUT2D eigenvalue weighted by Crippen LogP contribution is 2.34. The van der Waals surface area contributed by atoms with Crippen LogP contribution in [0.4, 0.5) is 0 Å². The molecule has 0 aliphatic carbocycles. The minimum absolute atomic E-state index is 0.478. The van der Waals surface area contributed by atoms with Crippen molar-refractivity contribution >= 4 is 17.3 Å². The van der Waals surface area contributed by atoms with Gasteiger partial charge < -0.3 is 9.63 Å². The lowest BCUT2D eigenvalue weighted by Crippen LogP contribution is -2.38. The Morgan fingerprint density at radius 2 is 2.50 bits per heavy atom. The molecule has 18 heavy (non-hydrogen) atoms. The van der Waals surface area contributed by atoms with Crippen molar-refractivity contribution in [1.82, 2.24) is 10.1 Å². The maximum Gasteiger partial charge on any atom is 0.325 e. The number of rotatable bonds is 3. The Morgan fingerprint density at radius 1 is 1.61 bits per heavy atom. The summed E-state index contributed by atoms with van der Waals surface area (Å²) in [5.41, 5.74) is 0.915. The molecule has 0 aromatic carbocycles. The Bertz CT molecular complexity index is 549. The number of carboxylic acid groups (broad SMARTS) is 1. The van der Waals surface area contributed by atoms with E-state index in [-0.39, 0.29) is 0 Å². The second-order valence-corrected chi connectivity index (χ2v) is 5.24. The lowest BCUT2D eigenvalue weighted by Gasteiger charge is -2.32. The van der Waals surface area contributed by atoms with Crippen LogP contribution in [0.5, 0.6) is 0 Å². The Hall–Kier alpha value is -1.66. The number of hydrogen-bond acceptors (Lipinski definition) is 5. The molecule has 3 rings (SSSR count). The first kappa shape index (κ1) is 11.4. The van der Waals surface area contributed by atoms with Crippen LogP contribution in [0.1, 0.15) is 22.2 Å².